The van der Waals surface area contributed by atoms with Gasteiger partial charge in [-0.25, -0.2) is 8.78 Å². The Balaban J connectivity index is 1.65. The molecular weight excluding hydrogens is 308 g/mol. The highest BCUT2D eigenvalue weighted by molar-refractivity contribution is 9.10. The SMILES string of the molecule is O=C(c1ccc(Br)o1)N1CCC2(CC1)CC2(F)F. The number of alkyl halides is 2. The maximum Gasteiger partial charge on any atom is 0.289 e. The average Bonchev–Trinajstić information content (AvgIpc) is 2.69. The molecule has 0 unspecified atom stereocenters. The fraction of sp³-hybridized carbons (Fsp3) is 0.583. The molecule has 3 rings (SSSR count). The summed E-state index contributed by atoms with van der Waals surface area (Å²) in [5.74, 6) is -2.49. The van der Waals surface area contributed by atoms with Crippen molar-refractivity contribution >= 4 is 21.8 Å². The lowest BCUT2D eigenvalue weighted by atomic mass is 9.93. The molecule has 1 amide bonds. The van der Waals surface area contributed by atoms with Gasteiger partial charge in [0.15, 0.2) is 10.4 Å². The van der Waals surface area contributed by atoms with E-state index >= 15 is 0 Å². The lowest BCUT2D eigenvalue weighted by Gasteiger charge is -2.31. The highest BCUT2D eigenvalue weighted by Crippen LogP contribution is 2.65. The Morgan fingerprint density at radius 2 is 1.94 bits per heavy atom. The first-order valence-corrected chi connectivity index (χ1v) is 6.65. The predicted molar refractivity (Wildman–Crippen MR) is 63.5 cm³/mol. The predicted octanol–water partition coefficient (Wildman–Crippen LogP) is 3.30. The number of amides is 1. The van der Waals surface area contributed by atoms with Crippen LogP contribution >= 0.6 is 15.9 Å². The van der Waals surface area contributed by atoms with E-state index in [0.29, 0.717) is 30.6 Å². The summed E-state index contributed by atoms with van der Waals surface area (Å²) in [5.41, 5.74) is -0.826. The molecule has 2 aliphatic rings. The van der Waals surface area contributed by atoms with Crippen LogP contribution in [0.2, 0.25) is 0 Å². The number of carbonyl (C=O) groups is 1. The number of likely N-dealkylation sites (tertiary alicyclic amines) is 1. The van der Waals surface area contributed by atoms with Gasteiger partial charge in [-0.2, -0.15) is 0 Å². The number of nitrogens with zero attached hydrogens (tertiary/aromatic N) is 1. The molecule has 1 aromatic heterocycles. The molecule has 2 heterocycles. The first kappa shape index (κ1) is 12.1. The molecule has 1 aliphatic heterocycles. The summed E-state index contributed by atoms with van der Waals surface area (Å²) in [5, 5.41) is 0. The lowest BCUT2D eigenvalue weighted by molar-refractivity contribution is 0.0273. The molecule has 1 saturated heterocycles. The van der Waals surface area contributed by atoms with Crippen molar-refractivity contribution in [3.63, 3.8) is 0 Å². The zero-order chi connectivity index (χ0) is 13.0. The Morgan fingerprint density at radius 1 is 1.33 bits per heavy atom. The highest BCUT2D eigenvalue weighted by Gasteiger charge is 2.70. The molecule has 0 aromatic carbocycles. The van der Waals surface area contributed by atoms with Crippen molar-refractivity contribution in [2.24, 2.45) is 5.41 Å². The molecule has 0 atom stereocenters. The molecule has 0 N–H and O–H groups in total. The quantitative estimate of drug-likeness (QED) is 0.795. The van der Waals surface area contributed by atoms with Gasteiger partial charge in [-0.3, -0.25) is 4.79 Å². The number of piperidine rings is 1. The van der Waals surface area contributed by atoms with Crippen LogP contribution in [0.5, 0.6) is 0 Å². The normalized spacial score (nSPS) is 24.3. The molecular formula is C12H12BrF2NO2. The molecule has 1 aliphatic carbocycles. The van der Waals surface area contributed by atoms with Crippen molar-refractivity contribution in [3.05, 3.63) is 22.6 Å². The van der Waals surface area contributed by atoms with Gasteiger partial charge in [0, 0.05) is 24.9 Å². The summed E-state index contributed by atoms with van der Waals surface area (Å²) in [6, 6.07) is 3.23. The second kappa shape index (κ2) is 3.79. The van der Waals surface area contributed by atoms with Crippen LogP contribution in [-0.2, 0) is 0 Å². The molecule has 1 saturated carbocycles. The van der Waals surface area contributed by atoms with Crippen LogP contribution in [0, 0.1) is 5.41 Å². The number of furan rings is 1. The van der Waals surface area contributed by atoms with E-state index in [1.54, 1.807) is 17.0 Å². The van der Waals surface area contributed by atoms with Gasteiger partial charge in [-0.1, -0.05) is 0 Å². The maximum atomic E-state index is 13.2. The van der Waals surface area contributed by atoms with E-state index in [0.717, 1.165) is 0 Å². The zero-order valence-electron chi connectivity index (χ0n) is 9.59. The zero-order valence-corrected chi connectivity index (χ0v) is 11.2. The van der Waals surface area contributed by atoms with Crippen LogP contribution in [0.1, 0.15) is 29.8 Å². The number of hydrogen-bond acceptors (Lipinski definition) is 2. The van der Waals surface area contributed by atoms with E-state index in [-0.39, 0.29) is 18.1 Å². The van der Waals surface area contributed by atoms with Gasteiger partial charge >= 0.3 is 0 Å². The third-order valence-electron chi connectivity index (χ3n) is 4.00. The summed E-state index contributed by atoms with van der Waals surface area (Å²) in [6.45, 7) is 0.763. The minimum atomic E-state index is -2.52. The van der Waals surface area contributed by atoms with Gasteiger partial charge in [0.2, 0.25) is 0 Å². The third-order valence-corrected chi connectivity index (χ3v) is 4.43. The molecule has 0 radical (unpaired) electrons. The van der Waals surface area contributed by atoms with Crippen molar-refractivity contribution < 1.29 is 18.0 Å². The molecule has 1 aromatic rings. The van der Waals surface area contributed by atoms with E-state index < -0.39 is 11.3 Å². The Bertz CT molecular complexity index is 492. The minimum Gasteiger partial charge on any atom is -0.444 e. The average molecular weight is 320 g/mol. The van der Waals surface area contributed by atoms with Gasteiger partial charge in [0.05, 0.1) is 0 Å². The van der Waals surface area contributed by atoms with Crippen LogP contribution in [0.15, 0.2) is 21.2 Å². The second-order valence-corrected chi connectivity index (χ2v) is 5.84. The van der Waals surface area contributed by atoms with Gasteiger partial charge in [0.1, 0.15) is 0 Å². The van der Waals surface area contributed by atoms with Crippen molar-refractivity contribution in [3.8, 4) is 0 Å². The molecule has 2 fully saturated rings. The summed E-state index contributed by atoms with van der Waals surface area (Å²) in [6.07, 6.45) is 0.746. The van der Waals surface area contributed by atoms with Crippen molar-refractivity contribution in [1.82, 2.24) is 4.90 Å². The summed E-state index contributed by atoms with van der Waals surface area (Å²) < 4.78 is 32.1. The smallest absolute Gasteiger partial charge is 0.289 e. The Kier molecular flexibility index (Phi) is 2.56. The van der Waals surface area contributed by atoms with E-state index in [1.807, 2.05) is 0 Å². The lowest BCUT2D eigenvalue weighted by Crippen LogP contribution is -2.40. The van der Waals surface area contributed by atoms with E-state index in [4.69, 9.17) is 4.42 Å². The number of carbonyl (C=O) groups excluding carboxylic acids is 1. The van der Waals surface area contributed by atoms with Crippen LogP contribution in [0.25, 0.3) is 0 Å². The maximum absolute atomic E-state index is 13.2. The molecule has 0 bridgehead atoms. The van der Waals surface area contributed by atoms with Crippen molar-refractivity contribution in [2.45, 2.75) is 25.2 Å². The number of halogens is 3. The van der Waals surface area contributed by atoms with Crippen molar-refractivity contribution in [1.29, 1.82) is 0 Å². The Labute approximate surface area is 111 Å². The second-order valence-electron chi connectivity index (χ2n) is 5.06. The first-order chi connectivity index (χ1) is 8.44. The topological polar surface area (TPSA) is 33.5 Å². The highest BCUT2D eigenvalue weighted by atomic mass is 79.9. The largest absolute Gasteiger partial charge is 0.444 e. The van der Waals surface area contributed by atoms with E-state index in [9.17, 15) is 13.6 Å². The van der Waals surface area contributed by atoms with E-state index in [1.165, 1.54) is 0 Å². The molecule has 3 nitrogen and oxygen atoms in total. The molecule has 1 spiro atoms. The van der Waals surface area contributed by atoms with Crippen LogP contribution in [-0.4, -0.2) is 29.8 Å². The third kappa shape index (κ3) is 1.77. The molecule has 98 valence electrons. The van der Waals surface area contributed by atoms with Gasteiger partial charge in [0.25, 0.3) is 11.8 Å². The summed E-state index contributed by atoms with van der Waals surface area (Å²) >= 11 is 3.13. The van der Waals surface area contributed by atoms with Gasteiger partial charge in [-0.15, -0.1) is 0 Å². The van der Waals surface area contributed by atoms with Crippen LogP contribution < -0.4 is 0 Å². The standard InChI is InChI=1S/C12H12BrF2NO2/c13-9-2-1-8(18-9)10(17)16-5-3-11(4-6-16)7-12(11,14)15/h1-2H,3-7H2. The van der Waals surface area contributed by atoms with E-state index in [2.05, 4.69) is 15.9 Å². The summed E-state index contributed by atoms with van der Waals surface area (Å²) in [7, 11) is 0. The van der Waals surface area contributed by atoms with Gasteiger partial charge in [-0.05, 0) is 40.9 Å². The fourth-order valence-corrected chi connectivity index (χ4v) is 2.95. The van der Waals surface area contributed by atoms with Crippen LogP contribution in [0.3, 0.4) is 0 Å². The first-order valence-electron chi connectivity index (χ1n) is 5.86. The van der Waals surface area contributed by atoms with Crippen molar-refractivity contribution in [2.75, 3.05) is 13.1 Å². The molecule has 18 heavy (non-hydrogen) atoms. The molecule has 6 heteroatoms. The monoisotopic (exact) mass is 319 g/mol. The summed E-state index contributed by atoms with van der Waals surface area (Å²) in [4.78, 5) is 13.6. The van der Waals surface area contributed by atoms with Gasteiger partial charge < -0.3 is 9.32 Å². The Hall–Kier alpha value is -0.910. The minimum absolute atomic E-state index is 0.0195. The Morgan fingerprint density at radius 3 is 2.39 bits per heavy atom. The number of hydrogen-bond donors (Lipinski definition) is 0. The fourth-order valence-electron chi connectivity index (χ4n) is 2.65. The number of rotatable bonds is 1. The van der Waals surface area contributed by atoms with Crippen LogP contribution in [0.4, 0.5) is 8.78 Å².